The Morgan fingerprint density at radius 1 is 1.23 bits per heavy atom. The molecule has 3 nitrogen and oxygen atoms in total. The van der Waals surface area contributed by atoms with Crippen molar-refractivity contribution in [3.8, 4) is 0 Å². The zero-order valence-corrected chi connectivity index (χ0v) is 21.8. The van der Waals surface area contributed by atoms with Gasteiger partial charge in [-0.3, -0.25) is 0 Å². The van der Waals surface area contributed by atoms with Gasteiger partial charge in [-0.2, -0.15) is 0 Å². The molecule has 1 rings (SSSR count). The van der Waals surface area contributed by atoms with Gasteiger partial charge in [-0.05, 0) is 0 Å². The Hall–Kier alpha value is 1.26. The van der Waals surface area contributed by atoms with E-state index in [1.54, 1.807) is 0 Å². The Morgan fingerprint density at radius 2 is 1.73 bits per heavy atom. The van der Waals surface area contributed by atoms with Crippen LogP contribution in [0, 0.1) is 0 Å². The molecule has 0 aliphatic heterocycles. The number of hydrogen-bond donors (Lipinski definition) is 1. The van der Waals surface area contributed by atoms with E-state index in [2.05, 4.69) is 66.5 Å². The zero-order chi connectivity index (χ0) is 15.9. The van der Waals surface area contributed by atoms with E-state index in [4.69, 9.17) is 5.32 Å². The molecule has 0 spiro atoms. The molecule has 0 heterocycles. The summed E-state index contributed by atoms with van der Waals surface area (Å²) in [7, 11) is 0.0371. The minimum absolute atomic E-state index is 0. The minimum Gasteiger partial charge on any atom is -0.147 e. The van der Waals surface area contributed by atoms with Crippen molar-refractivity contribution in [1.82, 2.24) is 3.26 Å². The third kappa shape index (κ3) is 5.66. The zero-order valence-electron chi connectivity index (χ0n) is 15.3. The number of allylic oxidation sites excluding steroid dienone is 4. The van der Waals surface area contributed by atoms with Crippen molar-refractivity contribution in [1.29, 1.82) is 0 Å². The molecule has 0 aromatic heterocycles. The fraction of sp³-hybridized carbons (Fsp3) is 0.714. The van der Waals surface area contributed by atoms with Crippen LogP contribution in [0.5, 0.6) is 0 Å². The Bertz CT molecular complexity index is 540. The van der Waals surface area contributed by atoms with Gasteiger partial charge < -0.3 is 0 Å². The maximum Gasteiger partial charge on any atom is -0.147 e. The molecule has 0 aromatic carbocycles. The van der Waals surface area contributed by atoms with E-state index in [0.717, 1.165) is 6.42 Å². The van der Waals surface area contributed by atoms with Gasteiger partial charge in [-0.25, -0.2) is 0 Å². The number of nitrogens with one attached hydrogen (secondary N) is 1. The first kappa shape index (κ1) is 25.5. The molecule has 0 saturated heterocycles. The quantitative estimate of drug-likeness (QED) is 0.618. The molecule has 0 atom stereocenters. The summed E-state index contributed by atoms with van der Waals surface area (Å²) in [6, 6.07) is 0. The smallest absolute Gasteiger partial charge is 0.147 e. The van der Waals surface area contributed by atoms with Crippen LogP contribution < -0.4 is 3.26 Å². The SMILES string of the molecule is C[O][Zr]([CH3])(=[SiH2])([NH]C(C)(C)C)([O][Si](C)(C)C)[C]1=CC=CC1.Cl.Cl. The van der Waals surface area contributed by atoms with Crippen molar-refractivity contribution in [2.45, 2.75) is 57.0 Å². The molecule has 1 N–H and O–H groups in total. The third-order valence-electron chi connectivity index (χ3n) is 3.76. The second-order valence-corrected chi connectivity index (χ2v) is 41.9. The van der Waals surface area contributed by atoms with Gasteiger partial charge in [-0.15, -0.1) is 24.8 Å². The number of rotatable bonds is 5. The molecule has 0 saturated carbocycles. The molecule has 1 aliphatic rings. The fourth-order valence-electron chi connectivity index (χ4n) is 3.49. The van der Waals surface area contributed by atoms with Gasteiger partial charge >= 0.3 is 126 Å². The number of halogens is 2. The van der Waals surface area contributed by atoms with Gasteiger partial charge in [0.1, 0.15) is 0 Å². The van der Waals surface area contributed by atoms with E-state index in [9.17, 15) is 0 Å². The molecular weight excluding hydrogens is 432 g/mol. The van der Waals surface area contributed by atoms with Gasteiger partial charge in [0.15, 0.2) is 0 Å². The first-order valence-corrected chi connectivity index (χ1v) is 23.6. The standard InChI is InChI=1S/C5H5.C4H10N.C3H9OSi.CH3O.CH3.2ClH.H2Si.Zr/c1-2-4-5-3-1;1-4(2,3)5;1-5(2,3)4;1-2;;;;;/h1-3H,4H2;5H,1-3H3;1-3H3;1H3;1H3;2*1H;1H2;/q;3*-1;;;;;+3. The Morgan fingerprint density at radius 3 is 2.00 bits per heavy atom. The Labute approximate surface area is 150 Å². The first-order valence-electron chi connectivity index (χ1n) is 7.34. The van der Waals surface area contributed by atoms with E-state index in [0.29, 0.717) is 0 Å². The molecular formula is C14H34Cl2NO2Si2Zr. The van der Waals surface area contributed by atoms with Gasteiger partial charge in [0.2, 0.25) is 0 Å². The predicted molar refractivity (Wildman–Crippen MR) is 105 cm³/mol. The summed E-state index contributed by atoms with van der Waals surface area (Å²) >= 11 is -4.62. The van der Waals surface area contributed by atoms with Crippen LogP contribution >= 0.6 is 24.8 Å². The van der Waals surface area contributed by atoms with E-state index in [-0.39, 0.29) is 30.4 Å². The minimum atomic E-state index is -4.62. The van der Waals surface area contributed by atoms with E-state index in [1.807, 2.05) is 14.0 Å². The summed E-state index contributed by atoms with van der Waals surface area (Å²) in [5.74, 6) is 0. The summed E-state index contributed by atoms with van der Waals surface area (Å²) in [4.78, 5) is 0. The Balaban J connectivity index is 0. The van der Waals surface area contributed by atoms with Crippen molar-refractivity contribution in [3.63, 3.8) is 0 Å². The third-order valence-corrected chi connectivity index (χ3v) is 34.7. The summed E-state index contributed by atoms with van der Waals surface area (Å²) in [6.45, 7) is 15.3. The monoisotopic (exact) mass is 464 g/mol. The maximum atomic E-state index is 6.92. The van der Waals surface area contributed by atoms with Crippen molar-refractivity contribution in [2.24, 2.45) is 0 Å². The van der Waals surface area contributed by atoms with Gasteiger partial charge in [-0.1, -0.05) is 0 Å². The average molecular weight is 467 g/mol. The van der Waals surface area contributed by atoms with Crippen LogP contribution in [0.25, 0.3) is 0 Å². The van der Waals surface area contributed by atoms with E-state index < -0.39 is 25.4 Å². The first-order chi connectivity index (χ1) is 8.65. The molecule has 0 radical (unpaired) electrons. The van der Waals surface area contributed by atoms with Crippen LogP contribution in [0.1, 0.15) is 27.2 Å². The normalized spacial score (nSPS) is 18.6. The van der Waals surface area contributed by atoms with E-state index >= 15 is 0 Å². The summed E-state index contributed by atoms with van der Waals surface area (Å²) < 4.78 is 20.7. The average Bonchev–Trinajstić information content (AvgIpc) is 2.64. The maximum absolute atomic E-state index is 6.92. The molecule has 0 unspecified atom stereocenters. The molecule has 8 heteroatoms. The van der Waals surface area contributed by atoms with Crippen molar-refractivity contribution in [2.75, 3.05) is 7.11 Å². The van der Waals surface area contributed by atoms with E-state index in [1.165, 1.54) is 3.28 Å². The van der Waals surface area contributed by atoms with Crippen LogP contribution in [0.3, 0.4) is 0 Å². The topological polar surface area (TPSA) is 30.5 Å². The van der Waals surface area contributed by atoms with Gasteiger partial charge in [0, 0.05) is 0 Å². The van der Waals surface area contributed by atoms with Crippen LogP contribution in [-0.2, 0) is 22.4 Å². The second kappa shape index (κ2) is 6.87. The van der Waals surface area contributed by atoms with Crippen LogP contribution in [-0.4, -0.2) is 27.8 Å². The van der Waals surface area contributed by atoms with Crippen molar-refractivity contribution < 1.29 is 22.4 Å². The molecule has 0 amide bonds. The summed E-state index contributed by atoms with van der Waals surface area (Å²) in [6.07, 6.45) is 7.44. The Kier molecular flexibility index (Phi) is 7.96. The van der Waals surface area contributed by atoms with Crippen LogP contribution in [0.15, 0.2) is 21.5 Å². The van der Waals surface area contributed by atoms with Gasteiger partial charge in [0.05, 0.1) is 0 Å². The molecule has 133 valence electrons. The van der Waals surface area contributed by atoms with Crippen molar-refractivity contribution in [3.05, 3.63) is 21.5 Å². The molecule has 0 aromatic rings. The van der Waals surface area contributed by atoms with Crippen LogP contribution in [0.2, 0.25) is 24.3 Å². The molecule has 0 fully saturated rings. The predicted octanol–water partition coefficient (Wildman–Crippen LogP) is 4.13. The largest absolute Gasteiger partial charge is 0.147 e. The molecule has 22 heavy (non-hydrogen) atoms. The summed E-state index contributed by atoms with van der Waals surface area (Å²) in [5.41, 5.74) is -0.0625. The second-order valence-electron chi connectivity index (χ2n) is 8.64. The van der Waals surface area contributed by atoms with Crippen LogP contribution in [0.4, 0.5) is 0 Å². The molecule has 1 aliphatic carbocycles. The molecule has 0 bridgehead atoms. The number of hydrogen-bond acceptors (Lipinski definition) is 3. The van der Waals surface area contributed by atoms with Gasteiger partial charge in [0.25, 0.3) is 0 Å². The van der Waals surface area contributed by atoms with Crippen molar-refractivity contribution >= 4 is 40.0 Å². The summed E-state index contributed by atoms with van der Waals surface area (Å²) in [5, 5.41) is 0. The fourth-order valence-corrected chi connectivity index (χ4v) is 44.2.